The lowest BCUT2D eigenvalue weighted by Crippen LogP contribution is -2.35. The van der Waals surface area contributed by atoms with Crippen LogP contribution in [0.2, 0.25) is 0 Å². The molecule has 2 N–H and O–H groups in total. The lowest BCUT2D eigenvalue weighted by molar-refractivity contribution is 0.415. The summed E-state index contributed by atoms with van der Waals surface area (Å²) in [6.45, 7) is 2.14. The van der Waals surface area contributed by atoms with Gasteiger partial charge in [-0.05, 0) is 50.2 Å². The topological polar surface area (TPSA) is 46.2 Å². The largest absolute Gasteiger partial charge is 0.497 e. The van der Waals surface area contributed by atoms with Gasteiger partial charge in [0.15, 0.2) is 0 Å². The molecule has 2 heterocycles. The molecule has 4 nitrogen and oxygen atoms in total. The molecule has 2 aromatic carbocycles. The molecule has 4 rings (SSSR count). The summed E-state index contributed by atoms with van der Waals surface area (Å²) in [5.41, 5.74) is 3.21. The highest BCUT2D eigenvalue weighted by atomic mass is 16.5. The van der Waals surface area contributed by atoms with Gasteiger partial charge < -0.3 is 15.4 Å². The molecule has 0 bridgehead atoms. The van der Waals surface area contributed by atoms with Crippen LogP contribution in [0.4, 0.5) is 5.69 Å². The van der Waals surface area contributed by atoms with Gasteiger partial charge in [-0.2, -0.15) is 0 Å². The number of aromatic nitrogens is 1. The Morgan fingerprint density at radius 1 is 1.04 bits per heavy atom. The van der Waals surface area contributed by atoms with Gasteiger partial charge in [-0.3, -0.25) is 0 Å². The van der Waals surface area contributed by atoms with Gasteiger partial charge in [-0.25, -0.2) is 4.98 Å². The number of nitrogens with zero attached hydrogens (tertiary/aromatic N) is 1. The van der Waals surface area contributed by atoms with Crippen molar-refractivity contribution in [1.82, 2.24) is 10.3 Å². The van der Waals surface area contributed by atoms with Crippen molar-refractivity contribution in [2.75, 3.05) is 25.5 Å². The van der Waals surface area contributed by atoms with Crippen molar-refractivity contribution < 1.29 is 4.74 Å². The van der Waals surface area contributed by atoms with Crippen LogP contribution in [0.1, 0.15) is 12.8 Å². The summed E-state index contributed by atoms with van der Waals surface area (Å²) in [7, 11) is 1.70. The van der Waals surface area contributed by atoms with Crippen molar-refractivity contribution in [3.63, 3.8) is 0 Å². The first-order valence-corrected chi connectivity index (χ1v) is 8.19. The molecule has 0 spiro atoms. The number of methoxy groups -OCH3 is 1. The van der Waals surface area contributed by atoms with E-state index in [9.17, 15) is 0 Å². The van der Waals surface area contributed by atoms with Crippen molar-refractivity contribution in [2.45, 2.75) is 18.9 Å². The number of pyridine rings is 1. The Hall–Kier alpha value is -2.33. The van der Waals surface area contributed by atoms with Crippen LogP contribution >= 0.6 is 0 Å². The van der Waals surface area contributed by atoms with Crippen LogP contribution in [-0.4, -0.2) is 31.2 Å². The van der Waals surface area contributed by atoms with Crippen LogP contribution in [0.25, 0.3) is 21.8 Å². The molecular formula is C19H21N3O. The second-order valence-corrected chi connectivity index (χ2v) is 6.06. The first kappa shape index (κ1) is 14.3. The van der Waals surface area contributed by atoms with E-state index in [-0.39, 0.29) is 0 Å². The van der Waals surface area contributed by atoms with E-state index in [1.54, 1.807) is 7.11 Å². The average molecular weight is 307 g/mol. The predicted molar refractivity (Wildman–Crippen MR) is 95.3 cm³/mol. The number of anilines is 1. The lowest BCUT2D eigenvalue weighted by atomic mass is 10.0. The van der Waals surface area contributed by atoms with Crippen LogP contribution in [-0.2, 0) is 0 Å². The minimum atomic E-state index is 0.497. The molecule has 0 amide bonds. The fraction of sp³-hybridized carbons (Fsp3) is 0.316. The van der Waals surface area contributed by atoms with E-state index in [1.165, 1.54) is 11.1 Å². The van der Waals surface area contributed by atoms with E-state index >= 15 is 0 Å². The maximum Gasteiger partial charge on any atom is 0.119 e. The molecule has 1 aromatic heterocycles. The normalized spacial score (nSPS) is 15.9. The van der Waals surface area contributed by atoms with Crippen LogP contribution < -0.4 is 15.4 Å². The highest BCUT2D eigenvalue weighted by molar-refractivity contribution is 6.07. The Bertz CT molecular complexity index is 841. The number of ether oxygens (including phenoxy) is 1. The summed E-state index contributed by atoms with van der Waals surface area (Å²) in [6, 6.07) is 14.9. The second-order valence-electron chi connectivity index (χ2n) is 6.06. The Kier molecular flexibility index (Phi) is 3.75. The maximum absolute atomic E-state index is 5.41. The highest BCUT2D eigenvalue weighted by Crippen LogP contribution is 2.34. The number of rotatable bonds is 3. The van der Waals surface area contributed by atoms with Crippen molar-refractivity contribution in [3.05, 3.63) is 42.5 Å². The zero-order chi connectivity index (χ0) is 15.6. The van der Waals surface area contributed by atoms with Crippen molar-refractivity contribution in [1.29, 1.82) is 0 Å². The van der Waals surface area contributed by atoms with Crippen molar-refractivity contribution in [2.24, 2.45) is 0 Å². The average Bonchev–Trinajstić information content (AvgIpc) is 2.62. The zero-order valence-corrected chi connectivity index (χ0v) is 13.3. The van der Waals surface area contributed by atoms with E-state index in [0.29, 0.717) is 6.04 Å². The monoisotopic (exact) mass is 307 g/mol. The quantitative estimate of drug-likeness (QED) is 0.726. The molecule has 0 unspecified atom stereocenters. The van der Waals surface area contributed by atoms with E-state index in [0.717, 1.165) is 48.1 Å². The minimum Gasteiger partial charge on any atom is -0.497 e. The molecule has 0 aliphatic carbocycles. The Labute approximate surface area is 135 Å². The van der Waals surface area contributed by atoms with E-state index in [4.69, 9.17) is 9.72 Å². The highest BCUT2D eigenvalue weighted by Gasteiger charge is 2.16. The first-order valence-electron chi connectivity index (χ1n) is 8.19. The Morgan fingerprint density at radius 2 is 1.83 bits per heavy atom. The Morgan fingerprint density at radius 3 is 2.65 bits per heavy atom. The molecular weight excluding hydrogens is 286 g/mol. The van der Waals surface area contributed by atoms with E-state index in [2.05, 4.69) is 34.9 Å². The van der Waals surface area contributed by atoms with Gasteiger partial charge in [-0.1, -0.05) is 18.2 Å². The number of piperidine rings is 1. The van der Waals surface area contributed by atoms with Crippen LogP contribution in [0.15, 0.2) is 42.5 Å². The molecule has 118 valence electrons. The summed E-state index contributed by atoms with van der Waals surface area (Å²) in [6.07, 6.45) is 2.28. The molecule has 1 aliphatic rings. The number of para-hydroxylation sites is 1. The third-order valence-corrected chi connectivity index (χ3v) is 4.57. The standard InChI is InChI=1S/C19H21N3O/c1-23-14-6-7-18-16(12-14)19(21-13-8-10-20-11-9-13)15-4-2-3-5-17(15)22-18/h2-7,12-13,20H,8-11H2,1H3,(H,21,22). The van der Waals surface area contributed by atoms with Gasteiger partial charge >= 0.3 is 0 Å². The van der Waals surface area contributed by atoms with Crippen molar-refractivity contribution in [3.8, 4) is 5.75 Å². The van der Waals surface area contributed by atoms with Gasteiger partial charge in [0.25, 0.3) is 0 Å². The minimum absolute atomic E-state index is 0.497. The van der Waals surface area contributed by atoms with Crippen LogP contribution in [0.3, 0.4) is 0 Å². The summed E-state index contributed by atoms with van der Waals surface area (Å²) in [4.78, 5) is 4.80. The molecule has 1 fully saturated rings. The smallest absolute Gasteiger partial charge is 0.119 e. The Balaban J connectivity index is 1.90. The molecule has 3 aromatic rings. The van der Waals surface area contributed by atoms with E-state index in [1.807, 2.05) is 18.2 Å². The van der Waals surface area contributed by atoms with Crippen LogP contribution in [0.5, 0.6) is 5.75 Å². The molecule has 0 atom stereocenters. The molecule has 0 saturated carbocycles. The van der Waals surface area contributed by atoms with Crippen molar-refractivity contribution >= 4 is 27.5 Å². The molecule has 1 aliphatic heterocycles. The molecule has 0 radical (unpaired) electrons. The summed E-state index contributed by atoms with van der Waals surface area (Å²) in [5, 5.41) is 9.50. The third-order valence-electron chi connectivity index (χ3n) is 4.57. The van der Waals surface area contributed by atoms with Gasteiger partial charge in [-0.15, -0.1) is 0 Å². The van der Waals surface area contributed by atoms with Gasteiger partial charge in [0.1, 0.15) is 5.75 Å². The van der Waals surface area contributed by atoms with Gasteiger partial charge in [0, 0.05) is 16.8 Å². The number of fused-ring (bicyclic) bond motifs is 2. The number of nitrogens with one attached hydrogen (secondary N) is 2. The number of hydrogen-bond donors (Lipinski definition) is 2. The predicted octanol–water partition coefficient (Wildman–Crippen LogP) is 3.56. The number of benzene rings is 2. The summed E-state index contributed by atoms with van der Waals surface area (Å²) >= 11 is 0. The van der Waals surface area contributed by atoms with Crippen LogP contribution in [0, 0.1) is 0 Å². The first-order chi connectivity index (χ1) is 11.3. The molecule has 1 saturated heterocycles. The fourth-order valence-corrected chi connectivity index (χ4v) is 3.32. The number of hydrogen-bond acceptors (Lipinski definition) is 4. The molecule has 4 heteroatoms. The van der Waals surface area contributed by atoms with E-state index < -0.39 is 0 Å². The lowest BCUT2D eigenvalue weighted by Gasteiger charge is -2.26. The maximum atomic E-state index is 5.41. The summed E-state index contributed by atoms with van der Waals surface area (Å²) < 4.78 is 5.41. The third kappa shape index (κ3) is 2.70. The van der Waals surface area contributed by atoms with Gasteiger partial charge in [0.05, 0.1) is 23.8 Å². The summed E-state index contributed by atoms with van der Waals surface area (Å²) in [5.74, 6) is 0.864. The van der Waals surface area contributed by atoms with Gasteiger partial charge in [0.2, 0.25) is 0 Å². The zero-order valence-electron chi connectivity index (χ0n) is 13.3. The molecule has 23 heavy (non-hydrogen) atoms. The second kappa shape index (κ2) is 6.05. The SMILES string of the molecule is COc1ccc2nc3ccccc3c(NC3CCNCC3)c2c1. The fourth-order valence-electron chi connectivity index (χ4n) is 3.32.